The monoisotopic (exact) mass is 236 g/mol. The number of carbonyl (C=O) groups is 1. The van der Waals surface area contributed by atoms with E-state index in [0.717, 1.165) is 25.7 Å². The Hall–Kier alpha value is -1.69. The molecule has 1 fully saturated rings. The topological polar surface area (TPSA) is 101 Å². The third-order valence-electron chi connectivity index (χ3n) is 3.24. The molecule has 0 unspecified atom stereocenters. The first-order valence-electron chi connectivity index (χ1n) is 5.74. The maximum absolute atomic E-state index is 11.9. The van der Waals surface area contributed by atoms with Crippen LogP contribution in [0.25, 0.3) is 0 Å². The van der Waals surface area contributed by atoms with Crippen LogP contribution in [0.5, 0.6) is 0 Å². The van der Waals surface area contributed by atoms with Gasteiger partial charge in [0.05, 0.1) is 5.54 Å². The summed E-state index contributed by atoms with van der Waals surface area (Å²) in [6.45, 7) is 0.433. The molecule has 92 valence electrons. The van der Waals surface area contributed by atoms with Gasteiger partial charge in [0.15, 0.2) is 0 Å². The number of amides is 1. The molecule has 0 aromatic carbocycles. The second kappa shape index (κ2) is 4.67. The highest BCUT2D eigenvalue weighted by atomic mass is 16.2. The Morgan fingerprint density at radius 1 is 1.47 bits per heavy atom. The number of nitrogens with one attached hydrogen (secondary N) is 2. The van der Waals surface area contributed by atoms with E-state index in [0.29, 0.717) is 6.54 Å². The first-order chi connectivity index (χ1) is 8.15. The van der Waals surface area contributed by atoms with Crippen molar-refractivity contribution in [3.8, 4) is 0 Å². The lowest BCUT2D eigenvalue weighted by molar-refractivity contribution is 0.0897. The average molecular weight is 236 g/mol. The van der Waals surface area contributed by atoms with Gasteiger partial charge in [-0.15, -0.1) is 0 Å². The van der Waals surface area contributed by atoms with Crippen LogP contribution in [0.4, 0.5) is 0 Å². The molecule has 0 radical (unpaired) electrons. The summed E-state index contributed by atoms with van der Waals surface area (Å²) in [5.74, 6) is -0.284. The minimum Gasteiger partial charge on any atom is -0.344 e. The number of rotatable bonds is 3. The fraction of sp³-hybridized carbons (Fsp3) is 0.545. The van der Waals surface area contributed by atoms with E-state index < -0.39 is 0 Å². The van der Waals surface area contributed by atoms with Gasteiger partial charge in [0, 0.05) is 12.6 Å². The summed E-state index contributed by atoms with van der Waals surface area (Å²) in [5, 5.41) is 8.86. The number of H-pyrrole nitrogens is 1. The predicted molar refractivity (Wildman–Crippen MR) is 62.6 cm³/mol. The summed E-state index contributed by atoms with van der Waals surface area (Å²) < 4.78 is 0. The van der Waals surface area contributed by atoms with Gasteiger partial charge in [-0.2, -0.15) is 5.10 Å². The Morgan fingerprint density at radius 3 is 2.71 bits per heavy atom. The number of hydrogen-bond acceptors (Lipinski definition) is 4. The van der Waals surface area contributed by atoms with Crippen LogP contribution in [0.2, 0.25) is 0 Å². The molecule has 1 aliphatic carbocycles. The Morgan fingerprint density at radius 2 is 2.18 bits per heavy atom. The third-order valence-corrected chi connectivity index (χ3v) is 3.24. The van der Waals surface area contributed by atoms with Gasteiger partial charge in [-0.05, 0) is 18.9 Å². The fourth-order valence-electron chi connectivity index (χ4n) is 2.21. The van der Waals surface area contributed by atoms with Gasteiger partial charge in [-0.3, -0.25) is 9.59 Å². The molecule has 1 amide bonds. The van der Waals surface area contributed by atoms with Crippen molar-refractivity contribution in [3.05, 3.63) is 28.2 Å². The molecule has 0 spiro atoms. The summed E-state index contributed by atoms with van der Waals surface area (Å²) in [6.07, 6.45) is 3.96. The van der Waals surface area contributed by atoms with Gasteiger partial charge in [-0.25, -0.2) is 5.10 Å². The van der Waals surface area contributed by atoms with Crippen LogP contribution in [0.15, 0.2) is 16.9 Å². The molecule has 1 heterocycles. The van der Waals surface area contributed by atoms with Gasteiger partial charge in [-0.1, -0.05) is 12.8 Å². The molecular formula is C11H16N4O2. The SMILES string of the molecule is NCC1(NC(=O)c2ccc(=O)[nH]n2)CCCC1. The van der Waals surface area contributed by atoms with Crippen molar-refractivity contribution in [1.29, 1.82) is 0 Å². The third kappa shape index (κ3) is 2.52. The van der Waals surface area contributed by atoms with Crippen molar-refractivity contribution in [3.63, 3.8) is 0 Å². The molecule has 6 heteroatoms. The van der Waals surface area contributed by atoms with Crippen LogP contribution >= 0.6 is 0 Å². The van der Waals surface area contributed by atoms with E-state index in [1.165, 1.54) is 12.1 Å². The molecule has 6 nitrogen and oxygen atoms in total. The zero-order valence-electron chi connectivity index (χ0n) is 9.53. The standard InChI is InChI=1S/C11H16N4O2/c12-7-11(5-1-2-6-11)13-10(17)8-3-4-9(16)15-14-8/h3-4H,1-2,5-7,12H2,(H,13,17)(H,15,16). The smallest absolute Gasteiger partial charge is 0.272 e. The lowest BCUT2D eigenvalue weighted by Crippen LogP contribution is -2.51. The van der Waals surface area contributed by atoms with E-state index in [1.807, 2.05) is 0 Å². The second-order valence-corrected chi connectivity index (χ2v) is 4.45. The van der Waals surface area contributed by atoms with Crippen LogP contribution in [-0.4, -0.2) is 28.2 Å². The summed E-state index contributed by atoms with van der Waals surface area (Å²) in [6, 6.07) is 2.69. The molecule has 0 bridgehead atoms. The van der Waals surface area contributed by atoms with Crippen LogP contribution in [0, 0.1) is 0 Å². The quantitative estimate of drug-likeness (QED) is 0.674. The van der Waals surface area contributed by atoms with Crippen molar-refractivity contribution < 1.29 is 4.79 Å². The molecule has 1 aromatic rings. The first-order valence-corrected chi connectivity index (χ1v) is 5.74. The fourth-order valence-corrected chi connectivity index (χ4v) is 2.21. The van der Waals surface area contributed by atoms with Crippen LogP contribution in [-0.2, 0) is 0 Å². The van der Waals surface area contributed by atoms with Crippen molar-refractivity contribution >= 4 is 5.91 Å². The molecule has 1 aromatic heterocycles. The zero-order chi connectivity index (χ0) is 12.3. The summed E-state index contributed by atoms with van der Waals surface area (Å²) in [7, 11) is 0. The Balaban J connectivity index is 2.10. The number of aromatic nitrogens is 2. The number of aromatic amines is 1. The highest BCUT2D eigenvalue weighted by molar-refractivity contribution is 5.92. The maximum atomic E-state index is 11.9. The minimum absolute atomic E-state index is 0.212. The highest BCUT2D eigenvalue weighted by Crippen LogP contribution is 2.28. The van der Waals surface area contributed by atoms with Crippen LogP contribution in [0.3, 0.4) is 0 Å². The van der Waals surface area contributed by atoms with E-state index in [9.17, 15) is 9.59 Å². The van der Waals surface area contributed by atoms with Crippen molar-refractivity contribution in [2.24, 2.45) is 5.73 Å². The van der Waals surface area contributed by atoms with E-state index in [4.69, 9.17) is 5.73 Å². The zero-order valence-corrected chi connectivity index (χ0v) is 9.53. The Kier molecular flexibility index (Phi) is 3.23. The van der Waals surface area contributed by atoms with Gasteiger partial charge in [0.1, 0.15) is 5.69 Å². The molecular weight excluding hydrogens is 220 g/mol. The Bertz CT molecular complexity index is 442. The van der Waals surface area contributed by atoms with Crippen molar-refractivity contribution in [1.82, 2.24) is 15.5 Å². The average Bonchev–Trinajstić information content (AvgIpc) is 2.79. The largest absolute Gasteiger partial charge is 0.344 e. The van der Waals surface area contributed by atoms with Crippen LogP contribution < -0.4 is 16.6 Å². The number of nitrogens with zero attached hydrogens (tertiary/aromatic N) is 1. The number of carbonyl (C=O) groups excluding carboxylic acids is 1. The molecule has 1 saturated carbocycles. The molecule has 0 atom stereocenters. The first kappa shape index (κ1) is 11.8. The van der Waals surface area contributed by atoms with E-state index in [1.54, 1.807) is 0 Å². The lowest BCUT2D eigenvalue weighted by Gasteiger charge is -2.28. The molecule has 0 aliphatic heterocycles. The molecule has 0 saturated heterocycles. The Labute approximate surface area is 98.6 Å². The molecule has 1 aliphatic rings. The predicted octanol–water partition coefficient (Wildman–Crippen LogP) is -0.229. The van der Waals surface area contributed by atoms with E-state index >= 15 is 0 Å². The minimum atomic E-state index is -0.323. The van der Waals surface area contributed by atoms with E-state index in [2.05, 4.69) is 15.5 Å². The van der Waals surface area contributed by atoms with Gasteiger partial charge >= 0.3 is 0 Å². The van der Waals surface area contributed by atoms with Gasteiger partial charge < -0.3 is 11.1 Å². The molecule has 4 N–H and O–H groups in total. The summed E-state index contributed by atoms with van der Waals surface area (Å²) in [4.78, 5) is 22.8. The number of nitrogens with two attached hydrogens (primary N) is 1. The molecule has 2 rings (SSSR count). The van der Waals surface area contributed by atoms with Crippen molar-refractivity contribution in [2.75, 3.05) is 6.54 Å². The summed E-state index contributed by atoms with van der Waals surface area (Å²) >= 11 is 0. The van der Waals surface area contributed by atoms with Crippen LogP contribution in [0.1, 0.15) is 36.2 Å². The lowest BCUT2D eigenvalue weighted by atomic mass is 9.97. The highest BCUT2D eigenvalue weighted by Gasteiger charge is 2.34. The van der Waals surface area contributed by atoms with Gasteiger partial charge in [0.2, 0.25) is 0 Å². The van der Waals surface area contributed by atoms with E-state index in [-0.39, 0.29) is 22.7 Å². The van der Waals surface area contributed by atoms with Crippen molar-refractivity contribution in [2.45, 2.75) is 31.2 Å². The molecule has 17 heavy (non-hydrogen) atoms. The second-order valence-electron chi connectivity index (χ2n) is 4.45. The van der Waals surface area contributed by atoms with Gasteiger partial charge in [0.25, 0.3) is 11.5 Å². The number of hydrogen-bond donors (Lipinski definition) is 3. The summed E-state index contributed by atoms with van der Waals surface area (Å²) in [5.41, 5.74) is 5.32. The maximum Gasteiger partial charge on any atom is 0.272 e. The normalized spacial score (nSPS) is 17.9.